The van der Waals surface area contributed by atoms with Crippen molar-refractivity contribution in [3.05, 3.63) is 0 Å². The van der Waals surface area contributed by atoms with Gasteiger partial charge in [-0.3, -0.25) is 0 Å². The van der Waals surface area contributed by atoms with Gasteiger partial charge in [-0.1, -0.05) is 6.04 Å². The van der Waals surface area contributed by atoms with Gasteiger partial charge in [0.2, 0.25) is 6.08 Å². The third-order valence-corrected chi connectivity index (χ3v) is 2.90. The molecule has 0 aliphatic heterocycles. The van der Waals surface area contributed by atoms with Gasteiger partial charge in [0.25, 0.3) is 0 Å². The van der Waals surface area contributed by atoms with Gasteiger partial charge in [0.15, 0.2) is 0 Å². The largest absolute Gasteiger partial charge is 0.386 e. The molecular weight excluding hydrogens is 158 g/mol. The summed E-state index contributed by atoms with van der Waals surface area (Å²) in [5.41, 5.74) is 0. The number of nitrogens with zero attached hydrogens (tertiary/aromatic N) is 1. The molecule has 0 amide bonds. The van der Waals surface area contributed by atoms with Crippen LogP contribution in [-0.2, 0) is 9.53 Å². The molecular formula is C7H15NO2Si. The number of carbonyl (C=O) groups excluding carboxylic acids is 1. The van der Waals surface area contributed by atoms with Crippen LogP contribution in [0.1, 0.15) is 13.3 Å². The maximum absolute atomic E-state index is 9.64. The second kappa shape index (κ2) is 9.56. The Kier molecular flexibility index (Phi) is 9.17. The van der Waals surface area contributed by atoms with Crippen molar-refractivity contribution in [2.45, 2.75) is 19.4 Å². The summed E-state index contributed by atoms with van der Waals surface area (Å²) in [7, 11) is -0.0397. The van der Waals surface area contributed by atoms with Crippen molar-refractivity contribution < 1.29 is 9.53 Å². The molecule has 0 heterocycles. The van der Waals surface area contributed by atoms with E-state index in [1.165, 1.54) is 12.1 Å². The number of hydrogen-bond donors (Lipinski definition) is 0. The summed E-state index contributed by atoms with van der Waals surface area (Å²) in [4.78, 5) is 13.1. The van der Waals surface area contributed by atoms with Crippen molar-refractivity contribution >= 4 is 15.6 Å². The van der Waals surface area contributed by atoms with E-state index in [4.69, 9.17) is 4.74 Å². The molecule has 0 bridgehead atoms. The zero-order valence-corrected chi connectivity index (χ0v) is 8.42. The number of ether oxygens (including phenoxy) is 1. The van der Waals surface area contributed by atoms with Gasteiger partial charge in [0.05, 0.1) is 16.1 Å². The Labute approximate surface area is 69.7 Å². The van der Waals surface area contributed by atoms with Gasteiger partial charge in [-0.05, 0) is 13.3 Å². The molecule has 0 aliphatic carbocycles. The van der Waals surface area contributed by atoms with Crippen molar-refractivity contribution in [3.8, 4) is 0 Å². The molecule has 0 saturated heterocycles. The fourth-order valence-electron chi connectivity index (χ4n) is 0.762. The minimum absolute atomic E-state index is 0.0397. The van der Waals surface area contributed by atoms with Gasteiger partial charge in [-0.2, -0.15) is 0 Å². The molecule has 4 heteroatoms. The van der Waals surface area contributed by atoms with E-state index in [-0.39, 0.29) is 9.52 Å². The Morgan fingerprint density at radius 2 is 2.45 bits per heavy atom. The Bertz CT molecular complexity index is 124. The predicted octanol–water partition coefficient (Wildman–Crippen LogP) is 0.293. The number of hydrogen-bond acceptors (Lipinski definition) is 3. The summed E-state index contributed by atoms with van der Waals surface area (Å²) in [5, 5.41) is 0. The first kappa shape index (κ1) is 10.6. The Balaban J connectivity index is 2.84. The molecule has 0 aliphatic rings. The van der Waals surface area contributed by atoms with Crippen molar-refractivity contribution in [3.63, 3.8) is 0 Å². The number of aliphatic imine (C=N–C) groups is 1. The molecule has 64 valence electrons. The lowest BCUT2D eigenvalue weighted by molar-refractivity contribution is 0.192. The van der Waals surface area contributed by atoms with E-state index < -0.39 is 0 Å². The fraction of sp³-hybridized carbons (Fsp3) is 0.857. The van der Waals surface area contributed by atoms with Gasteiger partial charge in [-0.25, -0.2) is 9.79 Å². The molecule has 0 saturated carbocycles. The van der Waals surface area contributed by atoms with E-state index in [9.17, 15) is 4.79 Å². The van der Waals surface area contributed by atoms with Crippen LogP contribution in [0.3, 0.4) is 0 Å². The van der Waals surface area contributed by atoms with Crippen LogP contribution < -0.4 is 0 Å². The highest BCUT2D eigenvalue weighted by atomic mass is 28.2. The van der Waals surface area contributed by atoms with Crippen LogP contribution in [0.25, 0.3) is 0 Å². The molecule has 0 atom stereocenters. The van der Waals surface area contributed by atoms with Crippen LogP contribution in [-0.4, -0.2) is 35.0 Å². The van der Waals surface area contributed by atoms with Crippen molar-refractivity contribution in [2.24, 2.45) is 4.99 Å². The fourth-order valence-corrected chi connectivity index (χ4v) is 2.04. The van der Waals surface area contributed by atoms with E-state index in [2.05, 4.69) is 4.99 Å². The normalized spacial score (nSPS) is 10.3. The lowest BCUT2D eigenvalue weighted by atomic mass is 10.5. The van der Waals surface area contributed by atoms with E-state index >= 15 is 0 Å². The van der Waals surface area contributed by atoms with Crippen molar-refractivity contribution in [1.29, 1.82) is 0 Å². The van der Waals surface area contributed by atoms with Crippen LogP contribution in [0.15, 0.2) is 4.99 Å². The van der Waals surface area contributed by atoms with Gasteiger partial charge in [0, 0.05) is 12.8 Å². The van der Waals surface area contributed by atoms with E-state index in [1.807, 2.05) is 6.92 Å². The second-order valence-electron chi connectivity index (χ2n) is 2.23. The highest BCUT2D eigenvalue weighted by molar-refractivity contribution is 6.35. The summed E-state index contributed by atoms with van der Waals surface area (Å²) in [6, 6.07) is 1.21. The predicted molar refractivity (Wildman–Crippen MR) is 47.4 cm³/mol. The monoisotopic (exact) mass is 173 g/mol. The summed E-state index contributed by atoms with van der Waals surface area (Å²) in [6.45, 7) is 3.47. The molecule has 0 rings (SSSR count). The topological polar surface area (TPSA) is 38.7 Å². The van der Waals surface area contributed by atoms with E-state index in [0.717, 1.165) is 19.3 Å². The number of isocyanates is 1. The molecule has 0 aromatic carbocycles. The number of rotatable bonds is 7. The van der Waals surface area contributed by atoms with Gasteiger partial charge in [0.1, 0.15) is 0 Å². The van der Waals surface area contributed by atoms with Crippen LogP contribution in [0, 0.1) is 0 Å². The minimum atomic E-state index is -0.0397. The Morgan fingerprint density at radius 1 is 1.64 bits per heavy atom. The van der Waals surface area contributed by atoms with Crippen molar-refractivity contribution in [1.82, 2.24) is 0 Å². The highest BCUT2D eigenvalue weighted by Crippen LogP contribution is 1.88. The Hall–Kier alpha value is -0.443. The summed E-state index contributed by atoms with van der Waals surface area (Å²) >= 11 is 0. The first-order valence-electron chi connectivity index (χ1n) is 4.03. The lowest BCUT2D eigenvalue weighted by Gasteiger charge is -1.97. The maximum Gasteiger partial charge on any atom is 0.234 e. The second-order valence-corrected chi connectivity index (χ2v) is 4.05. The van der Waals surface area contributed by atoms with E-state index in [1.54, 1.807) is 0 Å². The lowest BCUT2D eigenvalue weighted by Crippen LogP contribution is -2.03. The standard InChI is InChI=1S/C7H15NO2Si/c1-2-10-7-11-5-3-4-8-6-9/h2-5,7,11H2,1H3. The molecule has 0 fully saturated rings. The summed E-state index contributed by atoms with van der Waals surface area (Å²) < 4.78 is 5.19. The van der Waals surface area contributed by atoms with Crippen LogP contribution in [0.2, 0.25) is 6.04 Å². The highest BCUT2D eigenvalue weighted by Gasteiger charge is 1.88. The van der Waals surface area contributed by atoms with Gasteiger partial charge in [-0.15, -0.1) is 0 Å². The Morgan fingerprint density at radius 3 is 3.09 bits per heavy atom. The van der Waals surface area contributed by atoms with Gasteiger partial charge >= 0.3 is 0 Å². The quantitative estimate of drug-likeness (QED) is 0.240. The summed E-state index contributed by atoms with van der Waals surface area (Å²) in [6.07, 6.45) is 3.51. The van der Waals surface area contributed by atoms with Gasteiger partial charge < -0.3 is 4.74 Å². The average Bonchev–Trinajstić information content (AvgIpc) is 2.03. The molecule has 0 spiro atoms. The zero-order chi connectivity index (χ0) is 8.36. The SMILES string of the molecule is CCOC[SiH2]CCCN=C=O. The van der Waals surface area contributed by atoms with Crippen molar-refractivity contribution in [2.75, 3.05) is 19.4 Å². The third-order valence-electron chi connectivity index (χ3n) is 1.33. The molecule has 3 nitrogen and oxygen atoms in total. The van der Waals surface area contributed by atoms with Crippen LogP contribution in [0.5, 0.6) is 0 Å². The third kappa shape index (κ3) is 9.56. The zero-order valence-electron chi connectivity index (χ0n) is 7.01. The smallest absolute Gasteiger partial charge is 0.234 e. The average molecular weight is 173 g/mol. The first-order chi connectivity index (χ1) is 5.41. The van der Waals surface area contributed by atoms with Crippen LogP contribution in [0.4, 0.5) is 0 Å². The molecule has 0 N–H and O–H groups in total. The minimum Gasteiger partial charge on any atom is -0.386 e. The van der Waals surface area contributed by atoms with E-state index in [0.29, 0.717) is 6.54 Å². The molecule has 0 aromatic rings. The first-order valence-corrected chi connectivity index (χ1v) is 6.03. The van der Waals surface area contributed by atoms with Crippen LogP contribution >= 0.6 is 0 Å². The molecule has 0 radical (unpaired) electrons. The summed E-state index contributed by atoms with van der Waals surface area (Å²) in [5.74, 6) is 0. The maximum atomic E-state index is 9.64. The molecule has 0 aromatic heterocycles. The molecule has 11 heavy (non-hydrogen) atoms. The molecule has 0 unspecified atom stereocenters.